The quantitative estimate of drug-likeness (QED) is 0.661. The molecule has 2 rings (SSSR count). The van der Waals surface area contributed by atoms with Gasteiger partial charge in [0, 0.05) is 15.3 Å². The Bertz CT molecular complexity index is 293. The lowest BCUT2D eigenvalue weighted by molar-refractivity contribution is 0.795. The fourth-order valence-corrected chi connectivity index (χ4v) is 2.51. The molecule has 0 nitrogen and oxygen atoms in total. The van der Waals surface area contributed by atoms with Crippen molar-refractivity contribution in [1.82, 2.24) is 0 Å². The van der Waals surface area contributed by atoms with E-state index in [-0.39, 0.29) is 0 Å². The van der Waals surface area contributed by atoms with Crippen LogP contribution in [0.1, 0.15) is 18.9 Å². The van der Waals surface area contributed by atoms with Crippen molar-refractivity contribution in [2.45, 2.75) is 23.6 Å². The van der Waals surface area contributed by atoms with Crippen molar-refractivity contribution in [2.75, 3.05) is 0 Å². The molecular weight excluding hydrogens is 235 g/mol. The van der Waals surface area contributed by atoms with E-state index in [0.29, 0.717) is 10.2 Å². The predicted molar refractivity (Wildman–Crippen MR) is 56.1 cm³/mol. The Labute approximate surface area is 86.1 Å². The molecule has 0 N–H and O–H groups in total. The third-order valence-electron chi connectivity index (χ3n) is 2.64. The predicted octanol–water partition coefficient (Wildman–Crippen LogP) is 3.76. The monoisotopic (exact) mass is 244 g/mol. The molecule has 0 bridgehead atoms. The molecule has 1 aromatic rings. The molecule has 64 valence electrons. The van der Waals surface area contributed by atoms with Gasteiger partial charge in [-0.1, -0.05) is 46.6 Å². The van der Waals surface area contributed by atoms with Crippen molar-refractivity contribution in [3.63, 3.8) is 0 Å². The molecule has 0 spiro atoms. The number of alkyl halides is 1. The lowest BCUT2D eigenvalue weighted by atomic mass is 9.99. The van der Waals surface area contributed by atoms with Crippen LogP contribution in [0.4, 0.5) is 0 Å². The highest BCUT2D eigenvalue weighted by Crippen LogP contribution is 2.52. The second kappa shape index (κ2) is 2.74. The van der Waals surface area contributed by atoms with Crippen LogP contribution in [0.2, 0.25) is 5.02 Å². The maximum absolute atomic E-state index is 5.81. The second-order valence-corrected chi connectivity index (χ2v) is 5.14. The van der Waals surface area contributed by atoms with E-state index in [1.807, 2.05) is 12.1 Å². The minimum Gasteiger partial charge on any atom is -0.0881 e. The van der Waals surface area contributed by atoms with Gasteiger partial charge < -0.3 is 0 Å². The molecular formula is C10H10BrCl. The highest BCUT2D eigenvalue weighted by Gasteiger charge is 2.49. The maximum atomic E-state index is 5.81. The van der Waals surface area contributed by atoms with Gasteiger partial charge in [-0.3, -0.25) is 0 Å². The Balaban J connectivity index is 2.31. The van der Waals surface area contributed by atoms with E-state index in [9.17, 15) is 0 Å². The minimum atomic E-state index is 0.352. The first-order chi connectivity index (χ1) is 5.63. The number of halogens is 2. The smallest absolute Gasteiger partial charge is 0.0406 e. The molecule has 0 radical (unpaired) electrons. The zero-order chi connectivity index (χ0) is 8.77. The maximum Gasteiger partial charge on any atom is 0.0406 e. The average molecular weight is 246 g/mol. The molecule has 1 fully saturated rings. The van der Waals surface area contributed by atoms with Crippen LogP contribution in [0, 0.1) is 0 Å². The van der Waals surface area contributed by atoms with E-state index in [4.69, 9.17) is 11.6 Å². The lowest BCUT2D eigenvalue weighted by Gasteiger charge is -2.08. The first-order valence-electron chi connectivity index (χ1n) is 4.03. The van der Waals surface area contributed by atoms with Crippen molar-refractivity contribution >= 4 is 27.5 Å². The molecule has 12 heavy (non-hydrogen) atoms. The van der Waals surface area contributed by atoms with Crippen molar-refractivity contribution < 1.29 is 0 Å². The van der Waals surface area contributed by atoms with Crippen LogP contribution >= 0.6 is 27.5 Å². The van der Waals surface area contributed by atoms with Crippen molar-refractivity contribution in [3.8, 4) is 0 Å². The van der Waals surface area contributed by atoms with Crippen LogP contribution in [-0.4, -0.2) is 4.83 Å². The molecule has 2 atom stereocenters. The summed E-state index contributed by atoms with van der Waals surface area (Å²) < 4.78 is 0. The summed E-state index contributed by atoms with van der Waals surface area (Å²) in [5, 5.41) is 0.814. The van der Waals surface area contributed by atoms with Crippen LogP contribution in [0.3, 0.4) is 0 Å². The summed E-state index contributed by atoms with van der Waals surface area (Å²) in [4.78, 5) is 0.645. The zero-order valence-electron chi connectivity index (χ0n) is 6.85. The fourth-order valence-electron chi connectivity index (χ4n) is 1.44. The SMILES string of the molecule is C[C@@]1(c2ccc(Cl)cc2)C[C@@H]1Br. The van der Waals surface area contributed by atoms with Gasteiger partial charge in [0.2, 0.25) is 0 Å². The molecule has 1 aromatic carbocycles. The summed E-state index contributed by atoms with van der Waals surface area (Å²) >= 11 is 9.43. The van der Waals surface area contributed by atoms with E-state index in [2.05, 4.69) is 35.0 Å². The first-order valence-corrected chi connectivity index (χ1v) is 5.32. The highest BCUT2D eigenvalue weighted by atomic mass is 79.9. The molecule has 0 saturated heterocycles. The highest BCUT2D eigenvalue weighted by molar-refractivity contribution is 9.09. The van der Waals surface area contributed by atoms with Gasteiger partial charge in [-0.05, 0) is 24.1 Å². The normalized spacial score (nSPS) is 33.4. The van der Waals surface area contributed by atoms with Gasteiger partial charge in [0.25, 0.3) is 0 Å². The van der Waals surface area contributed by atoms with Gasteiger partial charge in [-0.25, -0.2) is 0 Å². The van der Waals surface area contributed by atoms with Crippen LogP contribution in [-0.2, 0) is 5.41 Å². The molecule has 2 heteroatoms. The number of hydrogen-bond acceptors (Lipinski definition) is 0. The summed E-state index contributed by atoms with van der Waals surface area (Å²) in [7, 11) is 0. The van der Waals surface area contributed by atoms with Gasteiger partial charge in [0.15, 0.2) is 0 Å². The Morgan fingerprint density at radius 3 is 2.33 bits per heavy atom. The van der Waals surface area contributed by atoms with Gasteiger partial charge in [0.05, 0.1) is 0 Å². The third-order valence-corrected chi connectivity index (χ3v) is 4.22. The minimum absolute atomic E-state index is 0.352. The van der Waals surface area contributed by atoms with E-state index >= 15 is 0 Å². The lowest BCUT2D eigenvalue weighted by Crippen LogP contribution is -2.02. The standard InChI is InChI=1S/C10H10BrCl/c1-10(6-9(10)11)7-2-4-8(12)5-3-7/h2-5,9H,6H2,1H3/t9-,10-/m0/s1. The molecule has 0 unspecified atom stereocenters. The van der Waals surface area contributed by atoms with E-state index in [1.54, 1.807) is 0 Å². The van der Waals surface area contributed by atoms with Crippen LogP contribution < -0.4 is 0 Å². The Hall–Kier alpha value is -0.0100. The number of rotatable bonds is 1. The second-order valence-electron chi connectivity index (χ2n) is 3.60. The van der Waals surface area contributed by atoms with Crippen molar-refractivity contribution in [3.05, 3.63) is 34.9 Å². The van der Waals surface area contributed by atoms with Gasteiger partial charge in [-0.15, -0.1) is 0 Å². The van der Waals surface area contributed by atoms with Gasteiger partial charge >= 0.3 is 0 Å². The summed E-state index contributed by atoms with van der Waals surface area (Å²) in [6.07, 6.45) is 1.23. The number of benzene rings is 1. The fraction of sp³-hybridized carbons (Fsp3) is 0.400. The summed E-state index contributed by atoms with van der Waals surface area (Å²) in [5.41, 5.74) is 1.73. The molecule has 0 aromatic heterocycles. The molecule has 1 saturated carbocycles. The van der Waals surface area contributed by atoms with Crippen molar-refractivity contribution in [2.24, 2.45) is 0 Å². The first kappa shape index (κ1) is 8.58. The molecule has 0 amide bonds. The largest absolute Gasteiger partial charge is 0.0881 e. The average Bonchev–Trinajstić information content (AvgIpc) is 2.62. The van der Waals surface area contributed by atoms with E-state index in [0.717, 1.165) is 5.02 Å². The van der Waals surface area contributed by atoms with Crippen LogP contribution in [0.25, 0.3) is 0 Å². The topological polar surface area (TPSA) is 0 Å². The summed E-state index contributed by atoms with van der Waals surface area (Å²) in [5.74, 6) is 0. The molecule has 0 heterocycles. The number of hydrogen-bond donors (Lipinski definition) is 0. The van der Waals surface area contributed by atoms with Crippen molar-refractivity contribution in [1.29, 1.82) is 0 Å². The summed E-state index contributed by atoms with van der Waals surface area (Å²) in [6.45, 7) is 2.27. The van der Waals surface area contributed by atoms with E-state index < -0.39 is 0 Å². The molecule has 1 aliphatic rings. The van der Waals surface area contributed by atoms with Gasteiger partial charge in [0.1, 0.15) is 0 Å². The van der Waals surface area contributed by atoms with Gasteiger partial charge in [-0.2, -0.15) is 0 Å². The Morgan fingerprint density at radius 1 is 1.42 bits per heavy atom. The Morgan fingerprint density at radius 2 is 1.92 bits per heavy atom. The third kappa shape index (κ3) is 1.29. The van der Waals surface area contributed by atoms with Crippen LogP contribution in [0.15, 0.2) is 24.3 Å². The zero-order valence-corrected chi connectivity index (χ0v) is 9.19. The van der Waals surface area contributed by atoms with E-state index in [1.165, 1.54) is 12.0 Å². The Kier molecular flexibility index (Phi) is 1.96. The summed E-state index contributed by atoms with van der Waals surface area (Å²) in [6, 6.07) is 8.15. The van der Waals surface area contributed by atoms with Crippen LogP contribution in [0.5, 0.6) is 0 Å². The molecule has 0 aliphatic heterocycles. The molecule has 1 aliphatic carbocycles.